The quantitative estimate of drug-likeness (QED) is 0.869. The standard InChI is InChI=1S/C13H21NOS/c1-2-10(8-15)12-9-16-13(14-12)11-6-4-3-5-7-11/h9-11,15H,2-8H2,1H3. The summed E-state index contributed by atoms with van der Waals surface area (Å²) in [4.78, 5) is 4.73. The molecule has 2 rings (SSSR count). The maximum Gasteiger partial charge on any atom is 0.0959 e. The van der Waals surface area contributed by atoms with Gasteiger partial charge in [-0.2, -0.15) is 0 Å². The fourth-order valence-electron chi connectivity index (χ4n) is 2.46. The molecular formula is C13H21NOS. The van der Waals surface area contributed by atoms with E-state index in [1.54, 1.807) is 11.3 Å². The summed E-state index contributed by atoms with van der Waals surface area (Å²) in [5, 5.41) is 12.7. The van der Waals surface area contributed by atoms with Crippen molar-refractivity contribution in [3.8, 4) is 0 Å². The van der Waals surface area contributed by atoms with Crippen molar-refractivity contribution in [2.45, 2.75) is 57.3 Å². The van der Waals surface area contributed by atoms with Crippen molar-refractivity contribution in [1.29, 1.82) is 0 Å². The molecule has 90 valence electrons. The summed E-state index contributed by atoms with van der Waals surface area (Å²) in [5.74, 6) is 0.942. The topological polar surface area (TPSA) is 33.1 Å². The van der Waals surface area contributed by atoms with E-state index in [-0.39, 0.29) is 12.5 Å². The molecule has 0 amide bonds. The van der Waals surface area contributed by atoms with Gasteiger partial charge in [0.25, 0.3) is 0 Å². The lowest BCUT2D eigenvalue weighted by Crippen LogP contribution is -2.06. The molecule has 0 aliphatic heterocycles. The maximum absolute atomic E-state index is 9.26. The predicted molar refractivity (Wildman–Crippen MR) is 68.1 cm³/mol. The molecule has 1 heterocycles. The van der Waals surface area contributed by atoms with Crippen LogP contribution in [0, 0.1) is 0 Å². The Morgan fingerprint density at radius 3 is 2.81 bits per heavy atom. The largest absolute Gasteiger partial charge is 0.396 e. The molecule has 1 saturated carbocycles. The van der Waals surface area contributed by atoms with E-state index in [0.29, 0.717) is 5.92 Å². The predicted octanol–water partition coefficient (Wildman–Crippen LogP) is 3.68. The van der Waals surface area contributed by atoms with Gasteiger partial charge in [-0.25, -0.2) is 4.98 Å². The lowest BCUT2D eigenvalue weighted by molar-refractivity contribution is 0.260. The van der Waals surface area contributed by atoms with Crippen molar-refractivity contribution in [2.24, 2.45) is 0 Å². The van der Waals surface area contributed by atoms with E-state index in [2.05, 4.69) is 12.3 Å². The molecule has 16 heavy (non-hydrogen) atoms. The van der Waals surface area contributed by atoms with Gasteiger partial charge in [-0.3, -0.25) is 0 Å². The number of aromatic nitrogens is 1. The van der Waals surface area contributed by atoms with Crippen LogP contribution in [0.2, 0.25) is 0 Å². The third-order valence-corrected chi connectivity index (χ3v) is 4.65. The molecular weight excluding hydrogens is 218 g/mol. The second-order valence-electron chi connectivity index (χ2n) is 4.73. The Morgan fingerprint density at radius 2 is 2.19 bits per heavy atom. The van der Waals surface area contributed by atoms with Gasteiger partial charge in [-0.15, -0.1) is 11.3 Å². The molecule has 2 nitrogen and oxygen atoms in total. The minimum Gasteiger partial charge on any atom is -0.396 e. The van der Waals surface area contributed by atoms with E-state index in [1.165, 1.54) is 37.1 Å². The highest BCUT2D eigenvalue weighted by Crippen LogP contribution is 2.35. The van der Waals surface area contributed by atoms with Crippen LogP contribution in [-0.4, -0.2) is 16.7 Å². The van der Waals surface area contributed by atoms with E-state index >= 15 is 0 Å². The van der Waals surface area contributed by atoms with Crippen molar-refractivity contribution in [2.75, 3.05) is 6.61 Å². The van der Waals surface area contributed by atoms with Crippen LogP contribution in [0.4, 0.5) is 0 Å². The molecule has 1 unspecified atom stereocenters. The Hall–Kier alpha value is -0.410. The smallest absolute Gasteiger partial charge is 0.0959 e. The van der Waals surface area contributed by atoms with Gasteiger partial charge in [-0.05, 0) is 19.3 Å². The number of rotatable bonds is 4. The number of aliphatic hydroxyl groups excluding tert-OH is 1. The summed E-state index contributed by atoms with van der Waals surface area (Å²) in [6.45, 7) is 2.34. The van der Waals surface area contributed by atoms with Crippen LogP contribution in [0.5, 0.6) is 0 Å². The van der Waals surface area contributed by atoms with E-state index < -0.39 is 0 Å². The van der Waals surface area contributed by atoms with E-state index in [0.717, 1.165) is 12.1 Å². The van der Waals surface area contributed by atoms with Crippen LogP contribution in [0.15, 0.2) is 5.38 Å². The van der Waals surface area contributed by atoms with Gasteiger partial charge in [-0.1, -0.05) is 26.2 Å². The summed E-state index contributed by atoms with van der Waals surface area (Å²) in [5.41, 5.74) is 1.11. The zero-order valence-electron chi connectivity index (χ0n) is 9.98. The lowest BCUT2D eigenvalue weighted by Gasteiger charge is -2.19. The number of hydrogen-bond acceptors (Lipinski definition) is 3. The highest BCUT2D eigenvalue weighted by molar-refractivity contribution is 7.09. The van der Waals surface area contributed by atoms with Crippen LogP contribution < -0.4 is 0 Å². The minimum atomic E-state index is 0.227. The first-order valence-electron chi connectivity index (χ1n) is 6.41. The van der Waals surface area contributed by atoms with Gasteiger partial charge in [0.05, 0.1) is 17.3 Å². The average molecular weight is 239 g/mol. The van der Waals surface area contributed by atoms with E-state index in [9.17, 15) is 5.11 Å². The molecule has 1 aromatic rings. The zero-order chi connectivity index (χ0) is 11.4. The molecule has 1 aliphatic rings. The molecule has 1 aliphatic carbocycles. The molecule has 3 heteroatoms. The van der Waals surface area contributed by atoms with Crippen molar-refractivity contribution >= 4 is 11.3 Å². The van der Waals surface area contributed by atoms with Crippen LogP contribution >= 0.6 is 11.3 Å². The Kier molecular flexibility index (Phi) is 4.36. The highest BCUT2D eigenvalue weighted by Gasteiger charge is 2.20. The Morgan fingerprint density at radius 1 is 1.44 bits per heavy atom. The third kappa shape index (κ3) is 2.64. The second-order valence-corrected chi connectivity index (χ2v) is 5.62. The molecule has 0 aromatic carbocycles. The van der Waals surface area contributed by atoms with Crippen LogP contribution in [0.3, 0.4) is 0 Å². The Balaban J connectivity index is 2.05. The molecule has 0 radical (unpaired) electrons. The second kappa shape index (κ2) is 5.78. The van der Waals surface area contributed by atoms with Crippen molar-refractivity contribution in [3.05, 3.63) is 16.1 Å². The fraction of sp³-hybridized carbons (Fsp3) is 0.769. The van der Waals surface area contributed by atoms with Crippen molar-refractivity contribution < 1.29 is 5.11 Å². The lowest BCUT2D eigenvalue weighted by atomic mass is 9.90. The van der Waals surface area contributed by atoms with E-state index in [1.807, 2.05) is 0 Å². The van der Waals surface area contributed by atoms with Gasteiger partial charge in [0, 0.05) is 17.2 Å². The molecule has 0 spiro atoms. The summed E-state index contributed by atoms with van der Waals surface area (Å²) < 4.78 is 0. The van der Waals surface area contributed by atoms with E-state index in [4.69, 9.17) is 4.98 Å². The van der Waals surface area contributed by atoms with Crippen LogP contribution in [0.25, 0.3) is 0 Å². The van der Waals surface area contributed by atoms with Gasteiger partial charge < -0.3 is 5.11 Å². The zero-order valence-corrected chi connectivity index (χ0v) is 10.8. The summed E-state index contributed by atoms with van der Waals surface area (Å²) in [6.07, 6.45) is 7.70. The molecule has 1 N–H and O–H groups in total. The maximum atomic E-state index is 9.26. The van der Waals surface area contributed by atoms with Crippen LogP contribution in [0.1, 0.15) is 68.0 Å². The first kappa shape index (κ1) is 12.1. The first-order valence-corrected chi connectivity index (χ1v) is 7.29. The average Bonchev–Trinajstić information content (AvgIpc) is 2.81. The minimum absolute atomic E-state index is 0.227. The van der Waals surface area contributed by atoms with Gasteiger partial charge in [0.2, 0.25) is 0 Å². The first-order chi connectivity index (χ1) is 7.85. The monoisotopic (exact) mass is 239 g/mol. The SMILES string of the molecule is CCC(CO)c1csc(C2CCCCC2)n1. The summed E-state index contributed by atoms with van der Waals surface area (Å²) >= 11 is 1.79. The number of thiazole rings is 1. The third-order valence-electron chi connectivity index (χ3n) is 3.63. The summed E-state index contributed by atoms with van der Waals surface area (Å²) in [6, 6.07) is 0. The Bertz CT molecular complexity index is 313. The molecule has 1 atom stereocenters. The Labute approximate surface area is 102 Å². The number of hydrogen-bond donors (Lipinski definition) is 1. The molecule has 1 aromatic heterocycles. The highest BCUT2D eigenvalue weighted by atomic mass is 32.1. The summed E-state index contributed by atoms with van der Waals surface area (Å²) in [7, 11) is 0. The normalized spacial score (nSPS) is 19.9. The van der Waals surface area contributed by atoms with Gasteiger partial charge >= 0.3 is 0 Å². The number of nitrogens with zero attached hydrogens (tertiary/aromatic N) is 1. The molecule has 1 fully saturated rings. The van der Waals surface area contributed by atoms with Gasteiger partial charge in [0.1, 0.15) is 0 Å². The van der Waals surface area contributed by atoms with Crippen LogP contribution in [-0.2, 0) is 0 Å². The number of aliphatic hydroxyl groups is 1. The fourth-order valence-corrected chi connectivity index (χ4v) is 3.53. The molecule has 0 bridgehead atoms. The van der Waals surface area contributed by atoms with Crippen molar-refractivity contribution in [1.82, 2.24) is 4.98 Å². The van der Waals surface area contributed by atoms with Crippen molar-refractivity contribution in [3.63, 3.8) is 0 Å². The molecule has 0 saturated heterocycles. The van der Waals surface area contributed by atoms with Gasteiger partial charge in [0.15, 0.2) is 0 Å².